The van der Waals surface area contributed by atoms with Crippen molar-refractivity contribution in [3.05, 3.63) is 69.9 Å². The van der Waals surface area contributed by atoms with Gasteiger partial charge in [0.25, 0.3) is 5.91 Å². The number of nitrogens with one attached hydrogen (secondary N) is 2. The van der Waals surface area contributed by atoms with E-state index in [1.807, 2.05) is 31.2 Å². The molecule has 30 heavy (non-hydrogen) atoms. The van der Waals surface area contributed by atoms with Crippen molar-refractivity contribution in [1.82, 2.24) is 15.1 Å². The molecule has 1 saturated heterocycles. The largest absolute Gasteiger partial charge is 0.322 e. The number of carbonyl (C=O) groups is 2. The van der Waals surface area contributed by atoms with Crippen LogP contribution in [0.4, 0.5) is 20.6 Å². The predicted molar refractivity (Wildman–Crippen MR) is 113 cm³/mol. The lowest BCUT2D eigenvalue weighted by atomic mass is 10.2. The van der Waals surface area contributed by atoms with E-state index >= 15 is 0 Å². The lowest BCUT2D eigenvalue weighted by Gasteiger charge is -2.23. The normalized spacial score (nSPS) is 15.8. The molecule has 1 aromatic heterocycles. The molecule has 1 aliphatic heterocycles. The molecular weight excluding hydrogens is 405 g/mol. The lowest BCUT2D eigenvalue weighted by molar-refractivity contribution is 0.102. The van der Waals surface area contributed by atoms with Crippen LogP contribution in [0.5, 0.6) is 0 Å². The fourth-order valence-corrected chi connectivity index (χ4v) is 4.20. The molecule has 0 bridgehead atoms. The van der Waals surface area contributed by atoms with E-state index in [0.717, 1.165) is 35.4 Å². The minimum atomic E-state index is -0.460. The summed E-state index contributed by atoms with van der Waals surface area (Å²) < 4.78 is 13.3. The quantitative estimate of drug-likeness (QED) is 0.639. The third kappa shape index (κ3) is 4.46. The Bertz CT molecular complexity index is 1070. The highest BCUT2D eigenvalue weighted by Gasteiger charge is 2.33. The van der Waals surface area contributed by atoms with Crippen LogP contribution in [0.25, 0.3) is 0 Å². The standard InChI is InChI=1S/C21H20FN5O2S/c1-13-7-9-15(10-8-13)24-21(29)27-11-3-6-17(27)19-25-26-20(30-19)18(28)23-16-5-2-4-14(22)12-16/h2,4-5,7-10,12,17H,3,6,11H2,1H3,(H,23,28)(H,24,29)/t17-/m1/s1. The molecule has 2 aromatic carbocycles. The summed E-state index contributed by atoms with van der Waals surface area (Å²) in [5, 5.41) is 14.4. The highest BCUT2D eigenvalue weighted by molar-refractivity contribution is 7.13. The first-order valence-corrected chi connectivity index (χ1v) is 10.4. The molecule has 3 amide bonds. The summed E-state index contributed by atoms with van der Waals surface area (Å²) in [6.07, 6.45) is 1.60. The fraction of sp³-hybridized carbons (Fsp3) is 0.238. The topological polar surface area (TPSA) is 87.2 Å². The fourth-order valence-electron chi connectivity index (χ4n) is 3.31. The lowest BCUT2D eigenvalue weighted by Crippen LogP contribution is -2.34. The van der Waals surface area contributed by atoms with Gasteiger partial charge < -0.3 is 15.5 Å². The number of likely N-dealkylation sites (tertiary alicyclic amines) is 1. The van der Waals surface area contributed by atoms with E-state index < -0.39 is 11.7 Å². The van der Waals surface area contributed by atoms with Crippen LogP contribution in [0.2, 0.25) is 0 Å². The number of urea groups is 1. The van der Waals surface area contributed by atoms with Gasteiger partial charge in [0.2, 0.25) is 5.01 Å². The minimum absolute atomic E-state index is 0.167. The molecule has 9 heteroatoms. The number of halogens is 1. The van der Waals surface area contributed by atoms with Crippen LogP contribution in [0.15, 0.2) is 48.5 Å². The van der Waals surface area contributed by atoms with Crippen LogP contribution in [-0.2, 0) is 0 Å². The monoisotopic (exact) mass is 425 g/mol. The first-order valence-electron chi connectivity index (χ1n) is 9.54. The summed E-state index contributed by atoms with van der Waals surface area (Å²) in [4.78, 5) is 26.9. The van der Waals surface area contributed by atoms with Gasteiger partial charge in [-0.3, -0.25) is 4.79 Å². The number of aromatic nitrogens is 2. The van der Waals surface area contributed by atoms with E-state index in [0.29, 0.717) is 17.2 Å². The molecule has 7 nitrogen and oxygen atoms in total. The molecule has 0 spiro atoms. The average molecular weight is 425 g/mol. The van der Waals surface area contributed by atoms with E-state index in [1.54, 1.807) is 11.0 Å². The van der Waals surface area contributed by atoms with Gasteiger partial charge in [-0.15, -0.1) is 10.2 Å². The van der Waals surface area contributed by atoms with Gasteiger partial charge in [0.15, 0.2) is 0 Å². The summed E-state index contributed by atoms with van der Waals surface area (Å²) in [5.74, 6) is -0.898. The third-order valence-electron chi connectivity index (χ3n) is 4.82. The Hall–Kier alpha value is -3.33. The Morgan fingerprint density at radius 1 is 1.10 bits per heavy atom. The van der Waals surface area contributed by atoms with Gasteiger partial charge in [-0.25, -0.2) is 9.18 Å². The van der Waals surface area contributed by atoms with Crippen LogP contribution in [0.3, 0.4) is 0 Å². The van der Waals surface area contributed by atoms with Crippen LogP contribution >= 0.6 is 11.3 Å². The molecule has 2 N–H and O–H groups in total. The van der Waals surface area contributed by atoms with E-state index in [1.165, 1.54) is 18.2 Å². The molecule has 1 fully saturated rings. The average Bonchev–Trinajstić information content (AvgIpc) is 3.39. The molecule has 3 aromatic rings. The first kappa shape index (κ1) is 20.0. The SMILES string of the molecule is Cc1ccc(NC(=O)N2CCC[C@@H]2c2nnc(C(=O)Nc3cccc(F)c3)s2)cc1. The van der Waals surface area contributed by atoms with Crippen molar-refractivity contribution in [1.29, 1.82) is 0 Å². The second-order valence-electron chi connectivity index (χ2n) is 7.06. The van der Waals surface area contributed by atoms with Gasteiger partial charge in [-0.05, 0) is 50.1 Å². The summed E-state index contributed by atoms with van der Waals surface area (Å²) in [5.41, 5.74) is 2.19. The minimum Gasteiger partial charge on any atom is -0.320 e. The second kappa shape index (κ2) is 8.58. The highest BCUT2D eigenvalue weighted by Crippen LogP contribution is 2.34. The Morgan fingerprint density at radius 3 is 2.67 bits per heavy atom. The number of hydrogen-bond donors (Lipinski definition) is 2. The van der Waals surface area contributed by atoms with Crippen LogP contribution < -0.4 is 10.6 Å². The first-order chi connectivity index (χ1) is 14.5. The van der Waals surface area contributed by atoms with Gasteiger partial charge >= 0.3 is 6.03 Å². The van der Waals surface area contributed by atoms with E-state index in [-0.39, 0.29) is 17.1 Å². The highest BCUT2D eigenvalue weighted by atomic mass is 32.1. The van der Waals surface area contributed by atoms with Gasteiger partial charge in [0, 0.05) is 17.9 Å². The third-order valence-corrected chi connectivity index (χ3v) is 5.84. The molecule has 2 heterocycles. The van der Waals surface area contributed by atoms with Crippen molar-refractivity contribution in [3.63, 3.8) is 0 Å². The van der Waals surface area contributed by atoms with Gasteiger partial charge in [0.1, 0.15) is 10.8 Å². The van der Waals surface area contributed by atoms with Crippen molar-refractivity contribution in [2.24, 2.45) is 0 Å². The van der Waals surface area contributed by atoms with E-state index in [2.05, 4.69) is 20.8 Å². The van der Waals surface area contributed by atoms with Gasteiger partial charge in [-0.2, -0.15) is 0 Å². The Morgan fingerprint density at radius 2 is 1.90 bits per heavy atom. The summed E-state index contributed by atoms with van der Waals surface area (Å²) in [7, 11) is 0. The summed E-state index contributed by atoms with van der Waals surface area (Å²) >= 11 is 1.14. The number of benzene rings is 2. The number of carbonyl (C=O) groups excluding carboxylic acids is 2. The van der Waals surface area contributed by atoms with Crippen molar-refractivity contribution in [2.75, 3.05) is 17.2 Å². The number of aryl methyl sites for hydroxylation is 1. The van der Waals surface area contributed by atoms with Crippen molar-refractivity contribution >= 4 is 34.6 Å². The van der Waals surface area contributed by atoms with Crippen LogP contribution in [0, 0.1) is 12.7 Å². The molecule has 0 radical (unpaired) electrons. The maximum absolute atomic E-state index is 13.3. The maximum Gasteiger partial charge on any atom is 0.322 e. The van der Waals surface area contributed by atoms with Gasteiger partial charge in [-0.1, -0.05) is 35.1 Å². The number of amides is 3. The molecule has 0 aliphatic carbocycles. The summed E-state index contributed by atoms with van der Waals surface area (Å²) in [6, 6.07) is 12.8. The molecule has 0 saturated carbocycles. The van der Waals surface area contributed by atoms with Crippen LogP contribution in [0.1, 0.15) is 39.3 Å². The van der Waals surface area contributed by atoms with Crippen molar-refractivity contribution < 1.29 is 14.0 Å². The molecule has 1 aliphatic rings. The Labute approximate surface area is 176 Å². The molecule has 1 atom stereocenters. The van der Waals surface area contributed by atoms with E-state index in [4.69, 9.17) is 0 Å². The molecule has 0 unspecified atom stereocenters. The zero-order valence-corrected chi connectivity index (χ0v) is 17.1. The van der Waals surface area contributed by atoms with E-state index in [9.17, 15) is 14.0 Å². The van der Waals surface area contributed by atoms with Crippen molar-refractivity contribution in [2.45, 2.75) is 25.8 Å². The predicted octanol–water partition coefficient (Wildman–Crippen LogP) is 4.61. The summed E-state index contributed by atoms with van der Waals surface area (Å²) in [6.45, 7) is 2.59. The molecular formula is C21H20FN5O2S. The second-order valence-corrected chi connectivity index (χ2v) is 8.07. The Balaban J connectivity index is 1.44. The van der Waals surface area contributed by atoms with Crippen LogP contribution in [-0.4, -0.2) is 33.6 Å². The number of nitrogens with zero attached hydrogens (tertiary/aromatic N) is 3. The molecule has 4 rings (SSSR count). The van der Waals surface area contributed by atoms with Crippen molar-refractivity contribution in [3.8, 4) is 0 Å². The number of rotatable bonds is 4. The smallest absolute Gasteiger partial charge is 0.320 e. The number of hydrogen-bond acceptors (Lipinski definition) is 5. The zero-order valence-electron chi connectivity index (χ0n) is 16.3. The molecule has 154 valence electrons. The maximum atomic E-state index is 13.3. The van der Waals surface area contributed by atoms with Gasteiger partial charge in [0.05, 0.1) is 6.04 Å². The Kier molecular flexibility index (Phi) is 5.71. The zero-order chi connectivity index (χ0) is 21.1. The number of anilines is 2.